The molecule has 2 saturated heterocycles. The van der Waals surface area contributed by atoms with E-state index in [-0.39, 0.29) is 0 Å². The van der Waals surface area contributed by atoms with Gasteiger partial charge in [0.1, 0.15) is 5.52 Å². The van der Waals surface area contributed by atoms with Crippen LogP contribution in [0.3, 0.4) is 0 Å². The van der Waals surface area contributed by atoms with Gasteiger partial charge in [-0.25, -0.2) is 4.98 Å². The molecule has 1 aromatic carbocycles. The number of rotatable bonds is 2. The van der Waals surface area contributed by atoms with E-state index in [1.54, 1.807) is 0 Å². The Balaban J connectivity index is 1.47. The molecule has 2 aliphatic heterocycles. The van der Waals surface area contributed by atoms with Crippen LogP contribution in [0.25, 0.3) is 11.1 Å². The third kappa shape index (κ3) is 2.66. The van der Waals surface area contributed by atoms with E-state index >= 15 is 0 Å². The standard InChI is InChI=1S/C18H25N3O/c1-13-3-4-17-16(11-13)19-18(22-17)14-5-10-21(12-14)15-6-8-20(2)9-7-15/h3-4,11,14-15H,5-10,12H2,1-2H3/t14-/m0/s1. The molecule has 2 fully saturated rings. The van der Waals surface area contributed by atoms with Crippen molar-refractivity contribution in [3.63, 3.8) is 0 Å². The molecule has 4 heteroatoms. The van der Waals surface area contributed by atoms with Gasteiger partial charge in [-0.15, -0.1) is 0 Å². The Morgan fingerprint density at radius 3 is 2.77 bits per heavy atom. The lowest BCUT2D eigenvalue weighted by atomic mass is 10.0. The number of nitrogens with zero attached hydrogens (tertiary/aromatic N) is 3. The van der Waals surface area contributed by atoms with Crippen molar-refractivity contribution in [3.8, 4) is 0 Å². The van der Waals surface area contributed by atoms with Crippen LogP contribution in [0.1, 0.15) is 36.6 Å². The van der Waals surface area contributed by atoms with Gasteiger partial charge in [0.15, 0.2) is 11.5 Å². The van der Waals surface area contributed by atoms with Crippen LogP contribution in [-0.2, 0) is 0 Å². The zero-order valence-electron chi connectivity index (χ0n) is 13.6. The maximum atomic E-state index is 6.01. The second-order valence-corrected chi connectivity index (χ2v) is 7.04. The summed E-state index contributed by atoms with van der Waals surface area (Å²) < 4.78 is 6.01. The van der Waals surface area contributed by atoms with Gasteiger partial charge in [0.25, 0.3) is 0 Å². The Hall–Kier alpha value is -1.39. The molecule has 4 nitrogen and oxygen atoms in total. The number of aromatic nitrogens is 1. The number of benzene rings is 1. The highest BCUT2D eigenvalue weighted by atomic mass is 16.3. The summed E-state index contributed by atoms with van der Waals surface area (Å²) in [5.41, 5.74) is 3.18. The highest BCUT2D eigenvalue weighted by Crippen LogP contribution is 2.32. The average Bonchev–Trinajstić information content (AvgIpc) is 3.13. The van der Waals surface area contributed by atoms with Crippen LogP contribution in [0.5, 0.6) is 0 Å². The van der Waals surface area contributed by atoms with Gasteiger partial charge in [-0.1, -0.05) is 6.07 Å². The van der Waals surface area contributed by atoms with Crippen LogP contribution >= 0.6 is 0 Å². The monoisotopic (exact) mass is 299 g/mol. The Morgan fingerprint density at radius 1 is 1.14 bits per heavy atom. The molecule has 0 amide bonds. The zero-order valence-corrected chi connectivity index (χ0v) is 13.6. The first-order valence-corrected chi connectivity index (χ1v) is 8.49. The third-order valence-corrected chi connectivity index (χ3v) is 5.33. The van der Waals surface area contributed by atoms with Gasteiger partial charge < -0.3 is 9.32 Å². The van der Waals surface area contributed by atoms with Crippen molar-refractivity contribution >= 4 is 11.1 Å². The zero-order chi connectivity index (χ0) is 15.1. The largest absolute Gasteiger partial charge is 0.440 e. The summed E-state index contributed by atoms with van der Waals surface area (Å²) in [6.07, 6.45) is 3.78. The van der Waals surface area contributed by atoms with Gasteiger partial charge in [-0.2, -0.15) is 0 Å². The number of fused-ring (bicyclic) bond motifs is 1. The molecule has 4 rings (SSSR count). The van der Waals surface area contributed by atoms with E-state index in [4.69, 9.17) is 9.40 Å². The van der Waals surface area contributed by atoms with E-state index in [2.05, 4.69) is 35.9 Å². The van der Waals surface area contributed by atoms with Crippen molar-refractivity contribution < 1.29 is 4.42 Å². The molecule has 0 spiro atoms. The van der Waals surface area contributed by atoms with Crippen LogP contribution in [0.15, 0.2) is 22.6 Å². The molecule has 3 heterocycles. The van der Waals surface area contributed by atoms with Crippen LogP contribution < -0.4 is 0 Å². The van der Waals surface area contributed by atoms with E-state index in [1.807, 2.05) is 6.07 Å². The van der Waals surface area contributed by atoms with Crippen molar-refractivity contribution in [2.45, 2.75) is 38.1 Å². The van der Waals surface area contributed by atoms with Crippen molar-refractivity contribution in [1.29, 1.82) is 0 Å². The fraction of sp³-hybridized carbons (Fsp3) is 0.611. The minimum absolute atomic E-state index is 0.465. The van der Waals surface area contributed by atoms with E-state index in [0.717, 1.165) is 29.6 Å². The highest BCUT2D eigenvalue weighted by molar-refractivity contribution is 5.73. The molecular weight excluding hydrogens is 274 g/mol. The number of piperidine rings is 1. The molecule has 2 aliphatic rings. The first-order chi connectivity index (χ1) is 10.7. The highest BCUT2D eigenvalue weighted by Gasteiger charge is 2.33. The van der Waals surface area contributed by atoms with E-state index in [0.29, 0.717) is 5.92 Å². The molecule has 22 heavy (non-hydrogen) atoms. The second kappa shape index (κ2) is 5.67. The van der Waals surface area contributed by atoms with Crippen molar-refractivity contribution in [1.82, 2.24) is 14.8 Å². The summed E-state index contributed by atoms with van der Waals surface area (Å²) in [7, 11) is 2.23. The Morgan fingerprint density at radius 2 is 1.95 bits per heavy atom. The second-order valence-electron chi connectivity index (χ2n) is 7.04. The van der Waals surface area contributed by atoms with Crippen molar-refractivity contribution in [2.24, 2.45) is 0 Å². The van der Waals surface area contributed by atoms with Crippen molar-refractivity contribution in [2.75, 3.05) is 33.2 Å². The molecule has 0 bridgehead atoms. The molecular formula is C18H25N3O. The Bertz CT molecular complexity index is 657. The lowest BCUT2D eigenvalue weighted by Crippen LogP contribution is -2.42. The van der Waals surface area contributed by atoms with Crippen LogP contribution in [-0.4, -0.2) is 54.1 Å². The number of hydrogen-bond acceptors (Lipinski definition) is 4. The van der Waals surface area contributed by atoms with Gasteiger partial charge in [-0.05, 0) is 70.6 Å². The summed E-state index contributed by atoms with van der Waals surface area (Å²) in [4.78, 5) is 9.85. The summed E-state index contributed by atoms with van der Waals surface area (Å²) in [6.45, 7) is 6.87. The quantitative estimate of drug-likeness (QED) is 0.853. The predicted octanol–water partition coefficient (Wildman–Crippen LogP) is 3.02. The fourth-order valence-corrected chi connectivity index (χ4v) is 3.91. The van der Waals surface area contributed by atoms with Crippen LogP contribution in [0.2, 0.25) is 0 Å². The van der Waals surface area contributed by atoms with Crippen LogP contribution in [0.4, 0.5) is 0 Å². The topological polar surface area (TPSA) is 32.5 Å². The first kappa shape index (κ1) is 14.2. The minimum Gasteiger partial charge on any atom is -0.440 e. The summed E-state index contributed by atoms with van der Waals surface area (Å²) >= 11 is 0. The number of likely N-dealkylation sites (tertiary alicyclic amines) is 2. The molecule has 0 unspecified atom stereocenters. The molecule has 2 aromatic rings. The van der Waals surface area contributed by atoms with E-state index < -0.39 is 0 Å². The number of hydrogen-bond donors (Lipinski definition) is 0. The Labute approximate surface area is 132 Å². The minimum atomic E-state index is 0.465. The Kier molecular flexibility index (Phi) is 3.66. The molecule has 1 aromatic heterocycles. The molecule has 0 aliphatic carbocycles. The SMILES string of the molecule is Cc1ccc2oc([C@H]3CCN(C4CCN(C)CC4)C3)nc2c1. The van der Waals surface area contributed by atoms with Gasteiger partial charge >= 0.3 is 0 Å². The van der Waals surface area contributed by atoms with Gasteiger partial charge in [0, 0.05) is 18.5 Å². The molecule has 0 N–H and O–H groups in total. The molecule has 0 saturated carbocycles. The van der Waals surface area contributed by atoms with Crippen LogP contribution in [0, 0.1) is 6.92 Å². The number of aryl methyl sites for hydroxylation is 1. The molecule has 0 radical (unpaired) electrons. The number of oxazole rings is 1. The van der Waals surface area contributed by atoms with Gasteiger partial charge in [0.05, 0.1) is 0 Å². The van der Waals surface area contributed by atoms with Crippen molar-refractivity contribution in [3.05, 3.63) is 29.7 Å². The summed E-state index contributed by atoms with van der Waals surface area (Å²) in [5.74, 6) is 1.41. The predicted molar refractivity (Wildman–Crippen MR) is 88.2 cm³/mol. The fourth-order valence-electron chi connectivity index (χ4n) is 3.91. The van der Waals surface area contributed by atoms with Gasteiger partial charge in [0.2, 0.25) is 0 Å². The normalized spacial score (nSPS) is 25.3. The molecule has 1 atom stereocenters. The van der Waals surface area contributed by atoms with E-state index in [1.165, 1.54) is 44.5 Å². The lowest BCUT2D eigenvalue weighted by Gasteiger charge is -2.35. The van der Waals surface area contributed by atoms with E-state index in [9.17, 15) is 0 Å². The summed E-state index contributed by atoms with van der Waals surface area (Å²) in [6, 6.07) is 7.01. The first-order valence-electron chi connectivity index (χ1n) is 8.49. The summed E-state index contributed by atoms with van der Waals surface area (Å²) in [5, 5.41) is 0. The lowest BCUT2D eigenvalue weighted by molar-refractivity contribution is 0.141. The maximum Gasteiger partial charge on any atom is 0.199 e. The van der Waals surface area contributed by atoms with Gasteiger partial charge in [-0.3, -0.25) is 4.90 Å². The third-order valence-electron chi connectivity index (χ3n) is 5.33. The maximum absolute atomic E-state index is 6.01. The average molecular weight is 299 g/mol. The smallest absolute Gasteiger partial charge is 0.199 e. The molecule has 118 valence electrons.